The Morgan fingerprint density at radius 1 is 1.39 bits per heavy atom. The van der Waals surface area contributed by atoms with Gasteiger partial charge in [0.2, 0.25) is 5.91 Å². The Balaban J connectivity index is 1.86. The molecule has 1 aliphatic heterocycles. The monoisotopic (exact) mass is 483 g/mol. The number of nitrogens with zero attached hydrogens (tertiary/aromatic N) is 7. The molecular weight excluding hydrogens is 450 g/mol. The average molecular weight is 484 g/mol. The van der Waals surface area contributed by atoms with Crippen molar-refractivity contribution in [1.82, 2.24) is 33.8 Å². The van der Waals surface area contributed by atoms with E-state index in [0.717, 1.165) is 5.69 Å². The lowest BCUT2D eigenvalue weighted by molar-refractivity contribution is -0.136. The molecule has 3 rings (SSSR count). The number of imidazole rings is 1. The third-order valence-electron chi connectivity index (χ3n) is 5.93. The van der Waals surface area contributed by atoms with E-state index in [1.807, 2.05) is 6.92 Å². The van der Waals surface area contributed by atoms with Crippen LogP contribution in [0.1, 0.15) is 32.4 Å². The molecule has 2 aromatic heterocycles. The predicted molar refractivity (Wildman–Crippen MR) is 118 cm³/mol. The van der Waals surface area contributed by atoms with Gasteiger partial charge in [-0.15, -0.1) is 5.10 Å². The second kappa shape index (κ2) is 10.7. The first-order valence-corrected chi connectivity index (χ1v) is 12.4. The number of aliphatic hydroxyl groups is 1. The Labute approximate surface area is 194 Å². The molecule has 0 aromatic carbocycles. The van der Waals surface area contributed by atoms with Gasteiger partial charge in [0, 0.05) is 52.3 Å². The molecule has 184 valence electrons. The minimum absolute atomic E-state index is 0.0405. The quantitative estimate of drug-likeness (QED) is 0.600. The second-order valence-corrected chi connectivity index (χ2v) is 10.6. The topological polar surface area (TPSA) is 136 Å². The van der Waals surface area contributed by atoms with E-state index in [9.17, 15) is 18.3 Å². The molecule has 1 aliphatic rings. The number of amides is 1. The van der Waals surface area contributed by atoms with E-state index in [1.54, 1.807) is 34.3 Å². The van der Waals surface area contributed by atoms with Crippen LogP contribution in [0.25, 0.3) is 0 Å². The maximum absolute atomic E-state index is 13.0. The van der Waals surface area contributed by atoms with Crippen molar-refractivity contribution in [3.05, 3.63) is 24.4 Å². The Hall–Kier alpha value is -2.35. The van der Waals surface area contributed by atoms with Crippen molar-refractivity contribution in [2.45, 2.75) is 57.0 Å². The highest BCUT2D eigenvalue weighted by Crippen LogP contribution is 2.20. The zero-order valence-electron chi connectivity index (χ0n) is 19.5. The van der Waals surface area contributed by atoms with Crippen LogP contribution in [-0.2, 0) is 39.8 Å². The molecule has 12 nitrogen and oxygen atoms in total. The first-order chi connectivity index (χ1) is 15.6. The van der Waals surface area contributed by atoms with Crippen molar-refractivity contribution >= 4 is 15.9 Å². The summed E-state index contributed by atoms with van der Waals surface area (Å²) < 4.78 is 36.7. The molecule has 0 aliphatic carbocycles. The summed E-state index contributed by atoms with van der Waals surface area (Å²) in [7, 11) is -0.624. The van der Waals surface area contributed by atoms with Gasteiger partial charge in [0.05, 0.1) is 43.6 Å². The number of aromatic nitrogens is 5. The number of fused-ring (bicyclic) bond motifs is 1. The van der Waals surface area contributed by atoms with Crippen molar-refractivity contribution < 1.29 is 23.1 Å². The molecular formula is C20H33N7O5S. The SMILES string of the molecule is C[C@H](CO)N1C[C@H](C)[C@@H](CN(C)S(=O)(=O)c2cn(C)cn2)OCc2cnnn2CCCC1=O. The zero-order valence-corrected chi connectivity index (χ0v) is 20.3. The van der Waals surface area contributed by atoms with E-state index in [-0.39, 0.29) is 42.7 Å². The minimum Gasteiger partial charge on any atom is -0.394 e. The van der Waals surface area contributed by atoms with Crippen LogP contribution in [0.3, 0.4) is 0 Å². The predicted octanol–water partition coefficient (Wildman–Crippen LogP) is -0.143. The maximum Gasteiger partial charge on any atom is 0.261 e. The Morgan fingerprint density at radius 2 is 2.15 bits per heavy atom. The molecule has 1 N–H and O–H groups in total. The molecule has 0 fully saturated rings. The number of sulfonamides is 1. The van der Waals surface area contributed by atoms with Gasteiger partial charge in [0.1, 0.15) is 0 Å². The third-order valence-corrected chi connectivity index (χ3v) is 7.64. The molecule has 0 unspecified atom stereocenters. The lowest BCUT2D eigenvalue weighted by Gasteiger charge is -2.35. The summed E-state index contributed by atoms with van der Waals surface area (Å²) in [5, 5.41) is 17.7. The van der Waals surface area contributed by atoms with Crippen LogP contribution in [0.5, 0.6) is 0 Å². The average Bonchev–Trinajstić information content (AvgIpc) is 3.42. The van der Waals surface area contributed by atoms with Gasteiger partial charge in [-0.25, -0.2) is 18.1 Å². The number of aliphatic hydroxyl groups excluding tert-OH is 1. The van der Waals surface area contributed by atoms with Crippen LogP contribution in [0.4, 0.5) is 0 Å². The normalized spacial score (nSPS) is 22.0. The van der Waals surface area contributed by atoms with Crippen LogP contribution >= 0.6 is 0 Å². The van der Waals surface area contributed by atoms with Crippen LogP contribution in [0.2, 0.25) is 0 Å². The van der Waals surface area contributed by atoms with Gasteiger partial charge < -0.3 is 19.3 Å². The minimum atomic E-state index is -3.82. The fourth-order valence-electron chi connectivity index (χ4n) is 3.78. The summed E-state index contributed by atoms with van der Waals surface area (Å²) in [6, 6.07) is -0.361. The molecule has 1 amide bonds. The molecule has 3 atom stereocenters. The van der Waals surface area contributed by atoms with E-state index in [0.29, 0.717) is 25.9 Å². The summed E-state index contributed by atoms with van der Waals surface area (Å²) in [6.45, 7) is 4.67. The van der Waals surface area contributed by atoms with Crippen LogP contribution in [0.15, 0.2) is 23.7 Å². The molecule has 0 spiro atoms. The van der Waals surface area contributed by atoms with Gasteiger partial charge >= 0.3 is 0 Å². The molecule has 2 aromatic rings. The number of carbonyl (C=O) groups excluding carboxylic acids is 1. The lowest BCUT2D eigenvalue weighted by atomic mass is 10.0. The van der Waals surface area contributed by atoms with Crippen molar-refractivity contribution in [2.75, 3.05) is 26.7 Å². The Morgan fingerprint density at radius 3 is 2.82 bits per heavy atom. The number of ether oxygens (including phenoxy) is 1. The van der Waals surface area contributed by atoms with Crippen LogP contribution in [-0.4, -0.2) is 92.1 Å². The van der Waals surface area contributed by atoms with Crippen molar-refractivity contribution in [1.29, 1.82) is 0 Å². The zero-order chi connectivity index (χ0) is 24.2. The van der Waals surface area contributed by atoms with Crippen LogP contribution in [0, 0.1) is 5.92 Å². The summed E-state index contributed by atoms with van der Waals surface area (Å²) in [6.07, 6.45) is 4.87. The molecule has 0 radical (unpaired) electrons. The number of aryl methyl sites for hydroxylation is 2. The van der Waals surface area contributed by atoms with Gasteiger partial charge in [0.15, 0.2) is 5.03 Å². The Kier molecular flexibility index (Phi) is 8.21. The van der Waals surface area contributed by atoms with Gasteiger partial charge in [-0.2, -0.15) is 4.31 Å². The molecule has 33 heavy (non-hydrogen) atoms. The van der Waals surface area contributed by atoms with Gasteiger partial charge in [-0.05, 0) is 13.3 Å². The number of rotatable bonds is 6. The number of carbonyl (C=O) groups is 1. The summed E-state index contributed by atoms with van der Waals surface area (Å²) in [5.74, 6) is -0.285. The molecule has 3 heterocycles. The molecule has 0 bridgehead atoms. The smallest absolute Gasteiger partial charge is 0.261 e. The highest BCUT2D eigenvalue weighted by atomic mass is 32.2. The lowest BCUT2D eigenvalue weighted by Crippen LogP contribution is -2.47. The summed E-state index contributed by atoms with van der Waals surface area (Å²) in [4.78, 5) is 18.5. The first kappa shape index (κ1) is 25.3. The highest BCUT2D eigenvalue weighted by molar-refractivity contribution is 7.89. The van der Waals surface area contributed by atoms with Crippen molar-refractivity contribution in [2.24, 2.45) is 13.0 Å². The van der Waals surface area contributed by atoms with E-state index in [1.165, 1.54) is 23.9 Å². The summed E-state index contributed by atoms with van der Waals surface area (Å²) >= 11 is 0. The second-order valence-electron chi connectivity index (χ2n) is 8.62. The van der Waals surface area contributed by atoms with Gasteiger partial charge in [0.25, 0.3) is 10.0 Å². The fraction of sp³-hybridized carbons (Fsp3) is 0.700. The molecule has 13 heteroatoms. The highest BCUT2D eigenvalue weighted by Gasteiger charge is 2.32. The van der Waals surface area contributed by atoms with Crippen LogP contribution < -0.4 is 0 Å². The number of hydrogen-bond acceptors (Lipinski definition) is 8. The van der Waals surface area contributed by atoms with E-state index in [2.05, 4.69) is 15.3 Å². The van der Waals surface area contributed by atoms with E-state index < -0.39 is 16.1 Å². The fourth-order valence-corrected chi connectivity index (χ4v) is 4.92. The first-order valence-electron chi connectivity index (χ1n) is 11.0. The van der Waals surface area contributed by atoms with Crippen molar-refractivity contribution in [3.8, 4) is 0 Å². The maximum atomic E-state index is 13.0. The largest absolute Gasteiger partial charge is 0.394 e. The standard InChI is InChI=1S/C20H33N7O5S/c1-15-9-26(16(2)12-28)20(29)6-5-7-27-17(8-22-23-27)13-32-18(15)10-25(4)33(30,31)19-11-24(3)14-21-19/h8,11,14-16,18,28H,5-7,9-10,12-13H2,1-4H3/t15-,16+,18+/m0/s1. The van der Waals surface area contributed by atoms with Gasteiger partial charge in [-0.1, -0.05) is 12.1 Å². The van der Waals surface area contributed by atoms with Gasteiger partial charge in [-0.3, -0.25) is 4.79 Å². The summed E-state index contributed by atoms with van der Waals surface area (Å²) in [5.41, 5.74) is 0.760. The Bertz CT molecular complexity index is 1040. The molecule has 0 saturated heterocycles. The number of likely N-dealkylation sites (N-methyl/N-ethyl adjacent to an activating group) is 1. The number of hydrogen-bond donors (Lipinski definition) is 1. The third kappa shape index (κ3) is 5.96. The molecule has 0 saturated carbocycles. The van der Waals surface area contributed by atoms with E-state index >= 15 is 0 Å². The van der Waals surface area contributed by atoms with E-state index in [4.69, 9.17) is 4.74 Å². The van der Waals surface area contributed by atoms with Crippen molar-refractivity contribution in [3.63, 3.8) is 0 Å².